The number of hydrogen-bond donors (Lipinski definition) is 0. The van der Waals surface area contributed by atoms with E-state index in [1.807, 2.05) is 24.3 Å². The van der Waals surface area contributed by atoms with Crippen LogP contribution < -0.4 is 4.90 Å². The normalized spacial score (nSPS) is 10.6. The van der Waals surface area contributed by atoms with E-state index >= 15 is 0 Å². The first kappa shape index (κ1) is 20.4. The summed E-state index contributed by atoms with van der Waals surface area (Å²) in [7, 11) is 1.57. The Bertz CT molecular complexity index is 1000. The number of Topliss-reactive ketones (excluding diaryl/α,β-unsaturated/α-hetero) is 1. The number of amides is 1. The van der Waals surface area contributed by atoms with Gasteiger partial charge in [-0.1, -0.05) is 43.3 Å². The average molecular weight is 390 g/mol. The van der Waals surface area contributed by atoms with Gasteiger partial charge in [0.2, 0.25) is 5.91 Å². The third-order valence-electron chi connectivity index (χ3n) is 4.89. The van der Waals surface area contributed by atoms with Gasteiger partial charge < -0.3 is 4.90 Å². The first-order chi connectivity index (χ1) is 14.0. The number of hydrogen-bond acceptors (Lipinski definition) is 3. The van der Waals surface area contributed by atoms with Gasteiger partial charge in [0.25, 0.3) is 0 Å². The number of nitrogens with zero attached hydrogens (tertiary/aromatic N) is 2. The molecule has 0 saturated carbocycles. The Labute approximate surface area is 170 Å². The molecular weight excluding hydrogens is 367 g/mol. The van der Waals surface area contributed by atoms with E-state index in [9.17, 15) is 14.0 Å². The second-order valence-corrected chi connectivity index (χ2v) is 6.83. The number of carbonyl (C=O) groups excluding carboxylic acids is 2. The minimum Gasteiger partial charge on any atom is -0.313 e. The summed E-state index contributed by atoms with van der Waals surface area (Å²) < 4.78 is 14.5. The molecule has 0 atom stereocenters. The van der Waals surface area contributed by atoms with E-state index in [2.05, 4.69) is 4.98 Å². The van der Waals surface area contributed by atoms with Crippen LogP contribution in [0.3, 0.4) is 0 Å². The Hall–Kier alpha value is -3.34. The summed E-state index contributed by atoms with van der Waals surface area (Å²) in [5.74, 6) is -0.546. The second kappa shape index (κ2) is 9.24. The molecule has 1 heterocycles. The summed E-state index contributed by atoms with van der Waals surface area (Å²) in [5.41, 5.74) is 3.41. The SMILES string of the molecule is CCC(=O)N(C)c1ccc(-c2ccc(C(=O)CCc3cccnc3)cc2)cc1F. The first-order valence-electron chi connectivity index (χ1n) is 9.58. The Morgan fingerprint density at radius 1 is 1.03 bits per heavy atom. The van der Waals surface area contributed by atoms with Crippen molar-refractivity contribution in [3.05, 3.63) is 83.9 Å². The van der Waals surface area contributed by atoms with Gasteiger partial charge in [0.15, 0.2) is 5.78 Å². The summed E-state index contributed by atoms with van der Waals surface area (Å²) in [4.78, 5) is 29.6. The van der Waals surface area contributed by atoms with Crippen LogP contribution in [0.2, 0.25) is 0 Å². The maximum atomic E-state index is 14.5. The molecule has 0 fully saturated rings. The molecule has 0 aliphatic carbocycles. The Morgan fingerprint density at radius 3 is 2.38 bits per heavy atom. The van der Waals surface area contributed by atoms with Crippen LogP contribution in [0.5, 0.6) is 0 Å². The maximum Gasteiger partial charge on any atom is 0.226 e. The van der Waals surface area contributed by atoms with Crippen molar-refractivity contribution in [2.24, 2.45) is 0 Å². The van der Waals surface area contributed by atoms with Crippen molar-refractivity contribution in [1.82, 2.24) is 4.98 Å². The van der Waals surface area contributed by atoms with Crippen molar-refractivity contribution in [2.75, 3.05) is 11.9 Å². The number of rotatable bonds is 7. The van der Waals surface area contributed by atoms with E-state index in [1.54, 1.807) is 50.6 Å². The highest BCUT2D eigenvalue weighted by Crippen LogP contribution is 2.27. The topological polar surface area (TPSA) is 50.3 Å². The zero-order valence-electron chi connectivity index (χ0n) is 16.6. The zero-order chi connectivity index (χ0) is 20.8. The van der Waals surface area contributed by atoms with Crippen molar-refractivity contribution in [3.63, 3.8) is 0 Å². The quantitative estimate of drug-likeness (QED) is 0.529. The van der Waals surface area contributed by atoms with Gasteiger partial charge in [0.1, 0.15) is 5.82 Å². The molecule has 0 aliphatic heterocycles. The number of aryl methyl sites for hydroxylation is 1. The van der Waals surface area contributed by atoms with Crippen LogP contribution in [0.4, 0.5) is 10.1 Å². The fraction of sp³-hybridized carbons (Fsp3) is 0.208. The van der Waals surface area contributed by atoms with E-state index in [0.29, 0.717) is 30.4 Å². The number of aromatic nitrogens is 1. The Morgan fingerprint density at radius 2 is 1.76 bits per heavy atom. The van der Waals surface area contributed by atoms with Gasteiger partial charge in [-0.25, -0.2) is 4.39 Å². The molecule has 0 radical (unpaired) electrons. The minimum absolute atomic E-state index is 0.0571. The van der Waals surface area contributed by atoms with E-state index in [4.69, 9.17) is 0 Å². The van der Waals surface area contributed by atoms with Crippen LogP contribution >= 0.6 is 0 Å². The third-order valence-corrected chi connectivity index (χ3v) is 4.89. The molecule has 3 rings (SSSR count). The maximum absolute atomic E-state index is 14.5. The third kappa shape index (κ3) is 4.93. The highest BCUT2D eigenvalue weighted by molar-refractivity contribution is 5.96. The lowest BCUT2D eigenvalue weighted by molar-refractivity contribution is -0.118. The number of carbonyl (C=O) groups is 2. The lowest BCUT2D eigenvalue weighted by Gasteiger charge is -2.17. The highest BCUT2D eigenvalue weighted by atomic mass is 19.1. The summed E-state index contributed by atoms with van der Waals surface area (Å²) in [6.45, 7) is 1.74. The average Bonchev–Trinajstić information content (AvgIpc) is 2.77. The molecule has 4 nitrogen and oxygen atoms in total. The molecule has 0 aliphatic rings. The molecule has 0 unspecified atom stereocenters. The molecule has 29 heavy (non-hydrogen) atoms. The standard InChI is InChI=1S/C24H23FN2O2/c1-3-24(29)27(2)22-12-11-20(15-21(22)25)18-7-9-19(10-8-18)23(28)13-6-17-5-4-14-26-16-17/h4-5,7-12,14-16H,3,6,13H2,1-2H3. The fourth-order valence-corrected chi connectivity index (χ4v) is 3.13. The van der Waals surface area contributed by atoms with E-state index in [1.165, 1.54) is 11.0 Å². The van der Waals surface area contributed by atoms with E-state index in [-0.39, 0.29) is 17.4 Å². The van der Waals surface area contributed by atoms with E-state index < -0.39 is 5.82 Å². The molecule has 1 aromatic heterocycles. The smallest absolute Gasteiger partial charge is 0.226 e. The summed E-state index contributed by atoms with van der Waals surface area (Å²) >= 11 is 0. The lowest BCUT2D eigenvalue weighted by atomic mass is 9.99. The number of halogens is 1. The summed E-state index contributed by atoms with van der Waals surface area (Å²) in [5, 5.41) is 0. The predicted molar refractivity (Wildman–Crippen MR) is 112 cm³/mol. The lowest BCUT2D eigenvalue weighted by Crippen LogP contribution is -2.25. The molecule has 0 bridgehead atoms. The molecule has 0 saturated heterocycles. The van der Waals surface area contributed by atoms with Gasteiger partial charge in [-0.3, -0.25) is 14.6 Å². The van der Waals surface area contributed by atoms with Crippen molar-refractivity contribution < 1.29 is 14.0 Å². The van der Waals surface area contributed by atoms with Crippen molar-refractivity contribution in [3.8, 4) is 11.1 Å². The summed E-state index contributed by atoms with van der Waals surface area (Å²) in [6.07, 6.45) is 4.84. The summed E-state index contributed by atoms with van der Waals surface area (Å²) in [6, 6.07) is 15.7. The largest absolute Gasteiger partial charge is 0.313 e. The van der Waals surface area contributed by atoms with Gasteiger partial charge in [-0.05, 0) is 41.3 Å². The Kier molecular flexibility index (Phi) is 6.50. The van der Waals surface area contributed by atoms with Crippen LogP contribution in [-0.2, 0) is 11.2 Å². The van der Waals surface area contributed by atoms with Crippen LogP contribution in [0.25, 0.3) is 11.1 Å². The van der Waals surface area contributed by atoms with E-state index in [0.717, 1.165) is 11.1 Å². The second-order valence-electron chi connectivity index (χ2n) is 6.83. The number of anilines is 1. The van der Waals surface area contributed by atoms with Crippen LogP contribution in [0.1, 0.15) is 35.7 Å². The molecule has 2 aromatic carbocycles. The predicted octanol–water partition coefficient (Wildman–Crippen LogP) is 5.08. The van der Waals surface area contributed by atoms with Crippen molar-refractivity contribution in [2.45, 2.75) is 26.2 Å². The molecule has 3 aromatic rings. The molecular formula is C24H23FN2O2. The van der Waals surface area contributed by atoms with Gasteiger partial charge in [-0.15, -0.1) is 0 Å². The fourth-order valence-electron chi connectivity index (χ4n) is 3.13. The number of ketones is 1. The van der Waals surface area contributed by atoms with Crippen LogP contribution in [-0.4, -0.2) is 23.7 Å². The van der Waals surface area contributed by atoms with Gasteiger partial charge in [-0.2, -0.15) is 0 Å². The highest BCUT2D eigenvalue weighted by Gasteiger charge is 2.14. The molecule has 0 spiro atoms. The number of pyridine rings is 1. The zero-order valence-corrected chi connectivity index (χ0v) is 16.6. The monoisotopic (exact) mass is 390 g/mol. The van der Waals surface area contributed by atoms with Gasteiger partial charge >= 0.3 is 0 Å². The van der Waals surface area contributed by atoms with Crippen LogP contribution in [0.15, 0.2) is 67.0 Å². The molecule has 148 valence electrons. The van der Waals surface area contributed by atoms with Crippen LogP contribution in [0, 0.1) is 5.82 Å². The van der Waals surface area contributed by atoms with Crippen molar-refractivity contribution >= 4 is 17.4 Å². The molecule has 5 heteroatoms. The first-order valence-corrected chi connectivity index (χ1v) is 9.58. The van der Waals surface area contributed by atoms with Gasteiger partial charge in [0, 0.05) is 37.8 Å². The number of benzene rings is 2. The van der Waals surface area contributed by atoms with Gasteiger partial charge in [0.05, 0.1) is 5.69 Å². The molecule has 0 N–H and O–H groups in total. The minimum atomic E-state index is -0.455. The molecule has 1 amide bonds. The van der Waals surface area contributed by atoms with Crippen molar-refractivity contribution in [1.29, 1.82) is 0 Å². The Balaban J connectivity index is 1.70.